The number of rotatable bonds is 10. The quantitative estimate of drug-likeness (QED) is 0.568. The number of nitrogens with one attached hydrogen (secondary N) is 1. The van der Waals surface area contributed by atoms with Crippen molar-refractivity contribution in [3.63, 3.8) is 0 Å². The average molecular weight is 454 g/mol. The van der Waals surface area contributed by atoms with Crippen LogP contribution in [0.25, 0.3) is 0 Å². The van der Waals surface area contributed by atoms with E-state index in [1.165, 1.54) is 29.2 Å². The lowest BCUT2D eigenvalue weighted by Gasteiger charge is -2.35. The summed E-state index contributed by atoms with van der Waals surface area (Å²) in [5, 5.41) is 12.4. The highest BCUT2D eigenvalue weighted by Crippen LogP contribution is 2.19. The number of hydrogen-bond donors (Lipinski definition) is 2. The van der Waals surface area contributed by atoms with Gasteiger partial charge in [0.2, 0.25) is 5.91 Å². The third-order valence-corrected chi connectivity index (χ3v) is 5.98. The van der Waals surface area contributed by atoms with E-state index in [9.17, 15) is 19.1 Å². The number of methoxy groups -OCH3 is 1. The van der Waals surface area contributed by atoms with E-state index < -0.39 is 12.1 Å². The Balaban J connectivity index is 2.00. The van der Waals surface area contributed by atoms with E-state index in [4.69, 9.17) is 9.47 Å². The van der Waals surface area contributed by atoms with Crippen molar-refractivity contribution in [2.24, 2.45) is 11.8 Å². The van der Waals surface area contributed by atoms with E-state index in [2.05, 4.69) is 5.32 Å². The van der Waals surface area contributed by atoms with Crippen LogP contribution in [0.15, 0.2) is 24.3 Å². The van der Waals surface area contributed by atoms with Gasteiger partial charge in [-0.15, -0.1) is 0 Å². The number of hydrogen-bond acceptors (Lipinski definition) is 5. The molecule has 8 nitrogen and oxygen atoms in total. The van der Waals surface area contributed by atoms with E-state index in [0.29, 0.717) is 32.0 Å². The van der Waals surface area contributed by atoms with Crippen LogP contribution in [0.2, 0.25) is 0 Å². The molecule has 1 aliphatic heterocycles. The predicted octanol–water partition coefficient (Wildman–Crippen LogP) is 2.58. The van der Waals surface area contributed by atoms with E-state index in [1.807, 2.05) is 6.92 Å². The van der Waals surface area contributed by atoms with Crippen LogP contribution in [-0.4, -0.2) is 86.1 Å². The summed E-state index contributed by atoms with van der Waals surface area (Å²) in [5.74, 6) is -0.455. The minimum absolute atomic E-state index is 0.0334. The van der Waals surface area contributed by atoms with Gasteiger partial charge in [0.15, 0.2) is 0 Å². The van der Waals surface area contributed by atoms with Gasteiger partial charge in [-0.2, -0.15) is 0 Å². The number of aliphatic hydroxyl groups is 1. The Bertz CT molecular complexity index is 727. The maximum Gasteiger partial charge on any atom is 0.322 e. The second-order valence-electron chi connectivity index (χ2n) is 8.48. The molecule has 0 aromatic heterocycles. The first-order valence-corrected chi connectivity index (χ1v) is 11.1. The topological polar surface area (TPSA) is 91.3 Å². The molecule has 0 radical (unpaired) electrons. The number of likely N-dealkylation sites (N-methyl/N-ethyl adjacent to an activating group) is 1. The van der Waals surface area contributed by atoms with Gasteiger partial charge in [0.1, 0.15) is 5.82 Å². The zero-order valence-electron chi connectivity index (χ0n) is 19.4. The summed E-state index contributed by atoms with van der Waals surface area (Å²) in [6.07, 6.45) is 1.15. The Morgan fingerprint density at radius 3 is 2.41 bits per heavy atom. The molecule has 2 N–H and O–H groups in total. The van der Waals surface area contributed by atoms with Crippen molar-refractivity contribution in [1.29, 1.82) is 0 Å². The second kappa shape index (κ2) is 12.7. The minimum atomic E-state index is -0.433. The largest absolute Gasteiger partial charge is 0.394 e. The van der Waals surface area contributed by atoms with Gasteiger partial charge in [0, 0.05) is 58.0 Å². The number of halogens is 1. The first-order valence-electron chi connectivity index (χ1n) is 11.1. The Labute approximate surface area is 189 Å². The van der Waals surface area contributed by atoms with Gasteiger partial charge in [0.05, 0.1) is 18.8 Å². The summed E-state index contributed by atoms with van der Waals surface area (Å²) in [7, 11) is 3.36. The van der Waals surface area contributed by atoms with Crippen molar-refractivity contribution >= 4 is 17.6 Å². The Kier molecular flexibility index (Phi) is 10.3. The molecule has 1 aromatic rings. The summed E-state index contributed by atoms with van der Waals surface area (Å²) >= 11 is 0. The molecule has 0 aliphatic carbocycles. The molecule has 0 bridgehead atoms. The van der Waals surface area contributed by atoms with Crippen LogP contribution in [0.4, 0.5) is 14.9 Å². The Morgan fingerprint density at radius 1 is 1.22 bits per heavy atom. The Hall–Kier alpha value is -2.23. The summed E-state index contributed by atoms with van der Waals surface area (Å²) in [6.45, 7) is 5.41. The minimum Gasteiger partial charge on any atom is -0.394 e. The number of anilines is 1. The monoisotopic (exact) mass is 453 g/mol. The van der Waals surface area contributed by atoms with Crippen LogP contribution in [0.1, 0.15) is 26.7 Å². The highest BCUT2D eigenvalue weighted by atomic mass is 19.1. The van der Waals surface area contributed by atoms with Gasteiger partial charge in [-0.05, 0) is 44.0 Å². The van der Waals surface area contributed by atoms with Gasteiger partial charge in [-0.1, -0.05) is 6.92 Å². The molecule has 1 aromatic carbocycles. The van der Waals surface area contributed by atoms with Gasteiger partial charge in [-0.25, -0.2) is 9.18 Å². The highest BCUT2D eigenvalue weighted by molar-refractivity contribution is 5.89. The summed E-state index contributed by atoms with van der Waals surface area (Å²) in [6, 6.07) is 4.67. The first-order chi connectivity index (χ1) is 15.3. The van der Waals surface area contributed by atoms with Crippen molar-refractivity contribution in [1.82, 2.24) is 9.80 Å². The fourth-order valence-corrected chi connectivity index (χ4v) is 3.82. The highest BCUT2D eigenvalue weighted by Gasteiger charge is 2.30. The van der Waals surface area contributed by atoms with Crippen LogP contribution in [-0.2, 0) is 14.3 Å². The molecule has 32 heavy (non-hydrogen) atoms. The van der Waals surface area contributed by atoms with Crippen molar-refractivity contribution in [3.05, 3.63) is 30.1 Å². The smallest absolute Gasteiger partial charge is 0.322 e. The molecular weight excluding hydrogens is 417 g/mol. The zero-order valence-corrected chi connectivity index (χ0v) is 19.4. The number of urea groups is 1. The molecule has 1 aliphatic rings. The lowest BCUT2D eigenvalue weighted by Crippen LogP contribution is -2.49. The van der Waals surface area contributed by atoms with Crippen LogP contribution in [0, 0.1) is 17.7 Å². The van der Waals surface area contributed by atoms with Crippen molar-refractivity contribution in [2.45, 2.75) is 38.8 Å². The predicted molar refractivity (Wildman–Crippen MR) is 120 cm³/mol. The van der Waals surface area contributed by atoms with Gasteiger partial charge in [-0.3, -0.25) is 4.79 Å². The number of carbonyl (C=O) groups excluding carboxylic acids is 2. The Morgan fingerprint density at radius 2 is 1.84 bits per heavy atom. The molecule has 9 heteroatoms. The molecule has 0 saturated carbocycles. The molecular formula is C23H36FN3O5. The van der Waals surface area contributed by atoms with Gasteiger partial charge in [0.25, 0.3) is 0 Å². The molecule has 1 heterocycles. The number of aliphatic hydroxyl groups excluding tert-OH is 1. The zero-order chi connectivity index (χ0) is 23.7. The van der Waals surface area contributed by atoms with Gasteiger partial charge >= 0.3 is 6.03 Å². The normalized spacial score (nSPS) is 17.3. The second-order valence-corrected chi connectivity index (χ2v) is 8.48. The molecule has 2 rings (SSSR count). The molecule has 3 amide bonds. The van der Waals surface area contributed by atoms with Crippen molar-refractivity contribution < 1.29 is 28.6 Å². The summed E-state index contributed by atoms with van der Waals surface area (Å²) < 4.78 is 24.1. The van der Waals surface area contributed by atoms with E-state index >= 15 is 0 Å². The molecule has 1 fully saturated rings. The third kappa shape index (κ3) is 7.43. The molecule has 3 atom stereocenters. The lowest BCUT2D eigenvalue weighted by atomic mass is 9.97. The number of benzene rings is 1. The number of ether oxygens (including phenoxy) is 2. The molecule has 0 spiro atoms. The first kappa shape index (κ1) is 26.0. The van der Waals surface area contributed by atoms with Gasteiger partial charge < -0.3 is 29.7 Å². The molecule has 1 saturated heterocycles. The van der Waals surface area contributed by atoms with E-state index in [-0.39, 0.29) is 36.3 Å². The number of nitrogens with zero attached hydrogens (tertiary/aromatic N) is 2. The fraction of sp³-hybridized carbons (Fsp3) is 0.652. The van der Waals surface area contributed by atoms with Crippen LogP contribution in [0.3, 0.4) is 0 Å². The van der Waals surface area contributed by atoms with Crippen LogP contribution in [0.5, 0.6) is 0 Å². The van der Waals surface area contributed by atoms with E-state index in [1.54, 1.807) is 26.0 Å². The average Bonchev–Trinajstić information content (AvgIpc) is 2.81. The SMILES string of the molecule is CO[C@@H](CN(C)C(=O)C1CCOCC1)[C@H](C)CN(C(=O)Nc1ccc(F)cc1)[C@@H](C)CO. The number of amides is 3. The molecule has 0 unspecified atom stereocenters. The standard InChI is InChI=1S/C23H36FN3O5/c1-16(21(31-4)14-26(3)22(29)18-9-11-32-12-10-18)13-27(17(2)15-28)23(30)25-20-7-5-19(24)6-8-20/h5-8,16-18,21,28H,9-15H2,1-4H3,(H,25,30)/t16-,17+,21+/m1/s1. The van der Waals surface area contributed by atoms with E-state index in [0.717, 1.165) is 12.8 Å². The maximum absolute atomic E-state index is 13.1. The maximum atomic E-state index is 13.1. The fourth-order valence-electron chi connectivity index (χ4n) is 3.82. The van der Waals surface area contributed by atoms with Crippen molar-refractivity contribution in [2.75, 3.05) is 52.4 Å². The number of carbonyl (C=O) groups is 2. The van der Waals surface area contributed by atoms with Crippen LogP contribution >= 0.6 is 0 Å². The molecule has 180 valence electrons. The summed E-state index contributed by atoms with van der Waals surface area (Å²) in [4.78, 5) is 28.9. The lowest BCUT2D eigenvalue weighted by molar-refractivity contribution is -0.139. The third-order valence-electron chi connectivity index (χ3n) is 5.98. The van der Waals surface area contributed by atoms with Crippen LogP contribution < -0.4 is 5.32 Å². The van der Waals surface area contributed by atoms with Crippen molar-refractivity contribution in [3.8, 4) is 0 Å². The summed E-state index contributed by atoms with van der Waals surface area (Å²) in [5.41, 5.74) is 0.462.